The van der Waals surface area contributed by atoms with Gasteiger partial charge < -0.3 is 5.32 Å². The lowest BCUT2D eigenvalue weighted by molar-refractivity contribution is 0.886. The van der Waals surface area contributed by atoms with Gasteiger partial charge in [0.15, 0.2) is 0 Å². The Morgan fingerprint density at radius 1 is 1.38 bits per heavy atom. The van der Waals surface area contributed by atoms with E-state index in [1.54, 1.807) is 0 Å². The number of nitrogens with zero attached hydrogens (tertiary/aromatic N) is 2. The Bertz CT molecular complexity index is 357. The van der Waals surface area contributed by atoms with Crippen molar-refractivity contribution in [2.45, 2.75) is 33.7 Å². The SMILES string of the molecule is CCSCC(C)Nc1nc(C)nc(Cl)c1C. The van der Waals surface area contributed by atoms with Crippen LogP contribution in [0.3, 0.4) is 0 Å². The molecule has 0 saturated heterocycles. The summed E-state index contributed by atoms with van der Waals surface area (Å²) in [6.45, 7) is 8.09. The van der Waals surface area contributed by atoms with Gasteiger partial charge in [0, 0.05) is 17.4 Å². The van der Waals surface area contributed by atoms with Crippen LogP contribution in [-0.4, -0.2) is 27.5 Å². The maximum Gasteiger partial charge on any atom is 0.137 e. The maximum absolute atomic E-state index is 6.01. The van der Waals surface area contributed by atoms with Gasteiger partial charge in [-0.15, -0.1) is 0 Å². The van der Waals surface area contributed by atoms with Crippen molar-refractivity contribution in [2.24, 2.45) is 0 Å². The summed E-state index contributed by atoms with van der Waals surface area (Å²) >= 11 is 7.92. The topological polar surface area (TPSA) is 37.8 Å². The fourth-order valence-electron chi connectivity index (χ4n) is 1.30. The van der Waals surface area contributed by atoms with E-state index in [2.05, 4.69) is 29.1 Å². The fourth-order valence-corrected chi connectivity index (χ4v) is 2.19. The van der Waals surface area contributed by atoms with Gasteiger partial charge in [-0.1, -0.05) is 18.5 Å². The van der Waals surface area contributed by atoms with E-state index in [4.69, 9.17) is 11.6 Å². The maximum atomic E-state index is 6.01. The largest absolute Gasteiger partial charge is 0.366 e. The summed E-state index contributed by atoms with van der Waals surface area (Å²) in [7, 11) is 0. The van der Waals surface area contributed by atoms with Crippen LogP contribution in [0.5, 0.6) is 0 Å². The Morgan fingerprint density at radius 2 is 2.06 bits per heavy atom. The van der Waals surface area contributed by atoms with Crippen molar-refractivity contribution in [1.29, 1.82) is 0 Å². The predicted molar refractivity (Wildman–Crippen MR) is 72.6 cm³/mol. The molecule has 3 nitrogen and oxygen atoms in total. The molecule has 0 aliphatic rings. The van der Waals surface area contributed by atoms with Crippen LogP contribution in [0.15, 0.2) is 0 Å². The second-order valence-electron chi connectivity index (χ2n) is 3.74. The summed E-state index contributed by atoms with van der Waals surface area (Å²) in [5.74, 6) is 3.75. The van der Waals surface area contributed by atoms with Crippen molar-refractivity contribution < 1.29 is 0 Å². The highest BCUT2D eigenvalue weighted by atomic mass is 35.5. The molecule has 1 aromatic heterocycles. The molecule has 1 N–H and O–H groups in total. The lowest BCUT2D eigenvalue weighted by Gasteiger charge is -2.16. The zero-order valence-corrected chi connectivity index (χ0v) is 11.7. The first-order chi connectivity index (χ1) is 7.54. The van der Waals surface area contributed by atoms with Crippen molar-refractivity contribution in [2.75, 3.05) is 16.8 Å². The van der Waals surface area contributed by atoms with Crippen LogP contribution >= 0.6 is 23.4 Å². The van der Waals surface area contributed by atoms with Gasteiger partial charge in [-0.05, 0) is 26.5 Å². The average molecular weight is 260 g/mol. The molecule has 0 aliphatic heterocycles. The standard InChI is InChI=1S/C11H18ClN3S/c1-5-16-6-7(2)13-11-8(3)10(12)14-9(4)15-11/h7H,5-6H2,1-4H3,(H,13,14,15). The minimum absolute atomic E-state index is 0.383. The summed E-state index contributed by atoms with van der Waals surface area (Å²) in [5.41, 5.74) is 0.917. The van der Waals surface area contributed by atoms with E-state index >= 15 is 0 Å². The van der Waals surface area contributed by atoms with Crippen LogP contribution < -0.4 is 5.32 Å². The normalized spacial score (nSPS) is 12.6. The van der Waals surface area contributed by atoms with Gasteiger partial charge in [0.2, 0.25) is 0 Å². The Hall–Kier alpha value is -0.480. The van der Waals surface area contributed by atoms with E-state index in [1.807, 2.05) is 25.6 Å². The Morgan fingerprint density at radius 3 is 2.69 bits per heavy atom. The molecule has 0 spiro atoms. The number of hydrogen-bond acceptors (Lipinski definition) is 4. The molecule has 1 rings (SSSR count). The second-order valence-corrected chi connectivity index (χ2v) is 5.42. The monoisotopic (exact) mass is 259 g/mol. The van der Waals surface area contributed by atoms with Gasteiger partial charge in [-0.25, -0.2) is 9.97 Å². The molecule has 90 valence electrons. The molecule has 16 heavy (non-hydrogen) atoms. The molecule has 1 aromatic rings. The van der Waals surface area contributed by atoms with Crippen molar-refractivity contribution in [3.63, 3.8) is 0 Å². The Kier molecular flexibility index (Phi) is 5.35. The fraction of sp³-hybridized carbons (Fsp3) is 0.636. The second kappa shape index (κ2) is 6.30. The lowest BCUT2D eigenvalue weighted by Crippen LogP contribution is -2.20. The van der Waals surface area contributed by atoms with Gasteiger partial charge in [0.25, 0.3) is 0 Å². The van der Waals surface area contributed by atoms with E-state index in [-0.39, 0.29) is 0 Å². The Labute approximate surface area is 106 Å². The van der Waals surface area contributed by atoms with Crippen molar-refractivity contribution in [3.05, 3.63) is 16.5 Å². The molecular formula is C11H18ClN3S. The molecule has 0 aliphatic carbocycles. The van der Waals surface area contributed by atoms with E-state index in [1.165, 1.54) is 0 Å². The third kappa shape index (κ3) is 3.83. The van der Waals surface area contributed by atoms with Gasteiger partial charge in [-0.2, -0.15) is 11.8 Å². The van der Waals surface area contributed by atoms with Crippen LogP contribution in [0.2, 0.25) is 5.15 Å². The van der Waals surface area contributed by atoms with E-state index in [9.17, 15) is 0 Å². The molecule has 1 atom stereocenters. The predicted octanol–water partition coefficient (Wildman–Crippen LogP) is 3.30. The van der Waals surface area contributed by atoms with Crippen LogP contribution in [-0.2, 0) is 0 Å². The van der Waals surface area contributed by atoms with Crippen LogP contribution in [0.1, 0.15) is 25.2 Å². The summed E-state index contributed by atoms with van der Waals surface area (Å²) in [4.78, 5) is 8.48. The molecule has 1 unspecified atom stereocenters. The van der Waals surface area contributed by atoms with Crippen LogP contribution in [0.25, 0.3) is 0 Å². The summed E-state index contributed by atoms with van der Waals surface area (Å²) in [6, 6.07) is 0.383. The molecule has 1 heterocycles. The highest BCUT2D eigenvalue weighted by Crippen LogP contribution is 2.20. The number of thioether (sulfide) groups is 1. The molecule has 0 fully saturated rings. The quantitative estimate of drug-likeness (QED) is 0.824. The highest BCUT2D eigenvalue weighted by molar-refractivity contribution is 7.99. The van der Waals surface area contributed by atoms with Gasteiger partial charge in [0.05, 0.1) is 0 Å². The van der Waals surface area contributed by atoms with Crippen LogP contribution in [0.4, 0.5) is 5.82 Å². The molecule has 0 aromatic carbocycles. The summed E-state index contributed by atoms with van der Waals surface area (Å²) in [5, 5.41) is 3.90. The van der Waals surface area contributed by atoms with Crippen molar-refractivity contribution >= 4 is 29.2 Å². The zero-order chi connectivity index (χ0) is 12.1. The first kappa shape index (κ1) is 13.6. The van der Waals surface area contributed by atoms with Crippen molar-refractivity contribution in [3.8, 4) is 0 Å². The van der Waals surface area contributed by atoms with E-state index < -0.39 is 0 Å². The minimum atomic E-state index is 0.383. The number of aryl methyl sites for hydroxylation is 1. The molecule has 0 amide bonds. The van der Waals surface area contributed by atoms with Gasteiger partial charge in [-0.3, -0.25) is 0 Å². The highest BCUT2D eigenvalue weighted by Gasteiger charge is 2.09. The van der Waals surface area contributed by atoms with Crippen LogP contribution in [0, 0.1) is 13.8 Å². The van der Waals surface area contributed by atoms with E-state index in [0.29, 0.717) is 17.0 Å². The lowest BCUT2D eigenvalue weighted by atomic mass is 10.3. The smallest absolute Gasteiger partial charge is 0.137 e. The Balaban J connectivity index is 2.72. The number of anilines is 1. The number of hydrogen-bond donors (Lipinski definition) is 1. The van der Waals surface area contributed by atoms with Gasteiger partial charge >= 0.3 is 0 Å². The number of halogens is 1. The molecule has 0 radical (unpaired) electrons. The first-order valence-electron chi connectivity index (χ1n) is 5.39. The third-order valence-electron chi connectivity index (χ3n) is 2.15. The average Bonchev–Trinajstić information content (AvgIpc) is 2.22. The third-order valence-corrected chi connectivity index (χ3v) is 3.67. The molecular weight excluding hydrogens is 242 g/mol. The number of aromatic nitrogens is 2. The minimum Gasteiger partial charge on any atom is -0.366 e. The number of rotatable bonds is 5. The summed E-state index contributed by atoms with van der Waals surface area (Å²) < 4.78 is 0. The molecule has 0 saturated carbocycles. The molecule has 5 heteroatoms. The molecule has 0 bridgehead atoms. The summed E-state index contributed by atoms with van der Waals surface area (Å²) in [6.07, 6.45) is 0. The van der Waals surface area contributed by atoms with Gasteiger partial charge in [0.1, 0.15) is 16.8 Å². The van der Waals surface area contributed by atoms with Crippen molar-refractivity contribution in [1.82, 2.24) is 9.97 Å². The van der Waals surface area contributed by atoms with E-state index in [0.717, 1.165) is 22.9 Å². The zero-order valence-electron chi connectivity index (χ0n) is 10.2. The number of nitrogens with one attached hydrogen (secondary N) is 1. The first-order valence-corrected chi connectivity index (χ1v) is 6.92.